The molecule has 4 atom stereocenters. The van der Waals surface area contributed by atoms with Crippen LogP contribution >= 0.6 is 0 Å². The summed E-state index contributed by atoms with van der Waals surface area (Å²) in [4.78, 5) is 12.3. The number of hydrogen-bond donors (Lipinski definition) is 5. The second-order valence-electron chi connectivity index (χ2n) is 7.51. The van der Waals surface area contributed by atoms with Crippen molar-refractivity contribution in [2.45, 2.75) is 59.7 Å². The van der Waals surface area contributed by atoms with Crippen LogP contribution in [-0.4, -0.2) is 35.0 Å². The minimum absolute atomic E-state index is 0.163. The Morgan fingerprint density at radius 3 is 2.00 bits per heavy atom. The molecule has 0 saturated carbocycles. The van der Waals surface area contributed by atoms with Crippen LogP contribution in [0, 0.1) is 23.2 Å². The zero-order valence-corrected chi connectivity index (χ0v) is 14.4. The number of amides is 1. The van der Waals surface area contributed by atoms with E-state index in [-0.39, 0.29) is 11.8 Å². The lowest BCUT2D eigenvalue weighted by molar-refractivity contribution is -0.148. The van der Waals surface area contributed by atoms with Crippen molar-refractivity contribution in [1.29, 1.82) is 0 Å². The van der Waals surface area contributed by atoms with Gasteiger partial charge in [-0.05, 0) is 23.7 Å². The standard InChI is InChI=1S/C15H33N3O3/c1-9(2)8-10(3)12(19)15(16,18-21)11(13(20)17-7)14(4,5)6/h9-12,18-19,21H,8,16H2,1-7H3,(H,17,20). The molecule has 6 heteroatoms. The van der Waals surface area contributed by atoms with E-state index in [0.29, 0.717) is 5.92 Å². The van der Waals surface area contributed by atoms with Gasteiger partial charge in [-0.15, -0.1) is 0 Å². The van der Waals surface area contributed by atoms with Gasteiger partial charge in [0, 0.05) is 7.05 Å². The molecule has 4 unspecified atom stereocenters. The quantitative estimate of drug-likeness (QED) is 0.357. The van der Waals surface area contributed by atoms with E-state index >= 15 is 0 Å². The Morgan fingerprint density at radius 1 is 1.24 bits per heavy atom. The van der Waals surface area contributed by atoms with Gasteiger partial charge in [0.05, 0.1) is 12.0 Å². The van der Waals surface area contributed by atoms with Gasteiger partial charge in [0.2, 0.25) is 5.91 Å². The number of aliphatic hydroxyl groups is 1. The highest BCUT2D eigenvalue weighted by Gasteiger charge is 2.52. The Bertz CT molecular complexity index is 342. The number of carbonyl (C=O) groups excluding carboxylic acids is 1. The molecule has 0 spiro atoms. The molecule has 0 bridgehead atoms. The first kappa shape index (κ1) is 20.3. The summed E-state index contributed by atoms with van der Waals surface area (Å²) in [5, 5.41) is 22.8. The molecule has 1 amide bonds. The van der Waals surface area contributed by atoms with E-state index in [9.17, 15) is 15.1 Å². The number of hydroxylamine groups is 1. The fraction of sp³-hybridized carbons (Fsp3) is 0.933. The molecule has 0 aliphatic heterocycles. The van der Waals surface area contributed by atoms with Crippen LogP contribution < -0.4 is 16.5 Å². The lowest BCUT2D eigenvalue weighted by Gasteiger charge is -2.46. The van der Waals surface area contributed by atoms with Gasteiger partial charge >= 0.3 is 0 Å². The monoisotopic (exact) mass is 303 g/mol. The van der Waals surface area contributed by atoms with Gasteiger partial charge in [-0.3, -0.25) is 4.79 Å². The third-order valence-corrected chi connectivity index (χ3v) is 3.92. The maximum absolute atomic E-state index is 12.3. The van der Waals surface area contributed by atoms with Crippen molar-refractivity contribution in [3.8, 4) is 0 Å². The number of hydrogen-bond acceptors (Lipinski definition) is 5. The van der Waals surface area contributed by atoms with E-state index in [0.717, 1.165) is 6.42 Å². The third-order valence-electron chi connectivity index (χ3n) is 3.92. The first-order chi connectivity index (χ1) is 9.41. The smallest absolute Gasteiger partial charge is 0.226 e. The van der Waals surface area contributed by atoms with E-state index in [1.54, 1.807) is 0 Å². The first-order valence-corrected chi connectivity index (χ1v) is 7.51. The first-order valence-electron chi connectivity index (χ1n) is 7.51. The van der Waals surface area contributed by atoms with Gasteiger partial charge in [0.25, 0.3) is 0 Å². The van der Waals surface area contributed by atoms with E-state index in [4.69, 9.17) is 5.73 Å². The fourth-order valence-corrected chi connectivity index (χ4v) is 3.12. The van der Waals surface area contributed by atoms with E-state index in [2.05, 4.69) is 5.32 Å². The highest BCUT2D eigenvalue weighted by atomic mass is 16.5. The van der Waals surface area contributed by atoms with Crippen LogP contribution in [0.3, 0.4) is 0 Å². The lowest BCUT2D eigenvalue weighted by Crippen LogP contribution is -2.72. The molecule has 0 radical (unpaired) electrons. The molecule has 0 aliphatic rings. The summed E-state index contributed by atoms with van der Waals surface area (Å²) in [7, 11) is 1.52. The summed E-state index contributed by atoms with van der Waals surface area (Å²) in [6.07, 6.45) is -0.321. The second-order valence-corrected chi connectivity index (χ2v) is 7.51. The summed E-state index contributed by atoms with van der Waals surface area (Å²) < 4.78 is 0. The Hall–Kier alpha value is -0.690. The van der Waals surface area contributed by atoms with Gasteiger partial charge in [0.1, 0.15) is 5.66 Å². The molecule has 0 aromatic heterocycles. The Balaban J connectivity index is 5.60. The molecule has 0 fully saturated rings. The van der Waals surface area contributed by atoms with Crippen molar-refractivity contribution < 1.29 is 15.1 Å². The fourth-order valence-electron chi connectivity index (χ4n) is 3.12. The molecule has 126 valence electrons. The van der Waals surface area contributed by atoms with Gasteiger partial charge in [-0.1, -0.05) is 41.5 Å². The van der Waals surface area contributed by atoms with Crippen LogP contribution in [0.2, 0.25) is 0 Å². The highest BCUT2D eigenvalue weighted by molar-refractivity contribution is 5.80. The molecular weight excluding hydrogens is 270 g/mol. The van der Waals surface area contributed by atoms with Crippen molar-refractivity contribution in [1.82, 2.24) is 10.8 Å². The van der Waals surface area contributed by atoms with Crippen LogP contribution in [0.4, 0.5) is 0 Å². The molecule has 0 aliphatic carbocycles. The Labute approximate surface area is 128 Å². The lowest BCUT2D eigenvalue weighted by atomic mass is 9.68. The van der Waals surface area contributed by atoms with Crippen molar-refractivity contribution in [3.63, 3.8) is 0 Å². The van der Waals surface area contributed by atoms with Gasteiger partial charge in [-0.2, -0.15) is 5.48 Å². The maximum Gasteiger partial charge on any atom is 0.226 e. The average Bonchev–Trinajstić information content (AvgIpc) is 2.34. The predicted molar refractivity (Wildman–Crippen MR) is 83.5 cm³/mol. The van der Waals surface area contributed by atoms with Crippen LogP contribution in [-0.2, 0) is 4.79 Å². The number of carbonyl (C=O) groups is 1. The molecule has 0 aromatic carbocycles. The van der Waals surface area contributed by atoms with Crippen LogP contribution in [0.1, 0.15) is 48.0 Å². The van der Waals surface area contributed by atoms with Crippen molar-refractivity contribution in [3.05, 3.63) is 0 Å². The topological polar surface area (TPSA) is 108 Å². The SMILES string of the molecule is CNC(=O)C(C(C)(C)C)C(N)(NO)C(O)C(C)CC(C)C. The van der Waals surface area contributed by atoms with Crippen LogP contribution in [0.25, 0.3) is 0 Å². The van der Waals surface area contributed by atoms with Gasteiger partial charge in [-0.25, -0.2) is 0 Å². The number of nitrogens with one attached hydrogen (secondary N) is 2. The molecule has 0 rings (SSSR count). The van der Waals surface area contributed by atoms with Crippen LogP contribution in [0.5, 0.6) is 0 Å². The third kappa shape index (κ3) is 4.92. The van der Waals surface area contributed by atoms with E-state index in [1.165, 1.54) is 7.05 Å². The van der Waals surface area contributed by atoms with Crippen molar-refractivity contribution >= 4 is 5.91 Å². The Morgan fingerprint density at radius 2 is 1.71 bits per heavy atom. The second kappa shape index (κ2) is 7.54. The largest absolute Gasteiger partial charge is 0.389 e. The zero-order chi connectivity index (χ0) is 17.0. The zero-order valence-electron chi connectivity index (χ0n) is 14.4. The summed E-state index contributed by atoms with van der Waals surface area (Å²) in [5.41, 5.74) is 6.12. The molecule has 21 heavy (non-hydrogen) atoms. The summed E-state index contributed by atoms with van der Waals surface area (Å²) in [6, 6.07) is 0. The minimum Gasteiger partial charge on any atom is -0.389 e. The molecule has 0 saturated heterocycles. The van der Waals surface area contributed by atoms with E-state index < -0.39 is 23.1 Å². The Kier molecular flexibility index (Phi) is 7.29. The van der Waals surface area contributed by atoms with Crippen LogP contribution in [0.15, 0.2) is 0 Å². The average molecular weight is 303 g/mol. The maximum atomic E-state index is 12.3. The minimum atomic E-state index is -1.62. The summed E-state index contributed by atoms with van der Waals surface area (Å²) >= 11 is 0. The number of rotatable bonds is 7. The highest BCUT2D eigenvalue weighted by Crippen LogP contribution is 2.36. The predicted octanol–water partition coefficient (Wildman–Crippen LogP) is 1.07. The summed E-state index contributed by atoms with van der Waals surface area (Å²) in [5.74, 6) is -0.901. The van der Waals surface area contributed by atoms with Crippen molar-refractivity contribution in [2.24, 2.45) is 28.9 Å². The van der Waals surface area contributed by atoms with Crippen molar-refractivity contribution in [2.75, 3.05) is 7.05 Å². The number of nitrogens with two attached hydrogens (primary N) is 1. The molecular formula is C15H33N3O3. The molecule has 6 N–H and O–H groups in total. The molecule has 0 aromatic rings. The number of aliphatic hydroxyl groups excluding tert-OH is 1. The van der Waals surface area contributed by atoms with Gasteiger partial charge in [0.15, 0.2) is 0 Å². The molecule has 6 nitrogen and oxygen atoms in total. The normalized spacial score (nSPS) is 19.8. The molecule has 0 heterocycles. The van der Waals surface area contributed by atoms with E-state index in [1.807, 2.05) is 47.0 Å². The van der Waals surface area contributed by atoms with Gasteiger partial charge < -0.3 is 21.4 Å². The summed E-state index contributed by atoms with van der Waals surface area (Å²) in [6.45, 7) is 11.5.